The minimum atomic E-state index is -0.802. The molecule has 0 unspecified atom stereocenters. The van der Waals surface area contributed by atoms with E-state index in [0.717, 1.165) is 61.9 Å². The maximum atomic E-state index is 14.3. The lowest BCUT2D eigenvalue weighted by Crippen LogP contribution is -2.62. The van der Waals surface area contributed by atoms with Crippen molar-refractivity contribution in [3.8, 4) is 11.3 Å². The molecular weight excluding hydrogens is 564 g/mol. The summed E-state index contributed by atoms with van der Waals surface area (Å²) in [5.41, 5.74) is 0.701. The Labute approximate surface area is 257 Å². The molecule has 0 bridgehead atoms. The third kappa shape index (κ3) is 6.69. The fourth-order valence-electron chi connectivity index (χ4n) is 7.15. The van der Waals surface area contributed by atoms with Crippen LogP contribution in [0.15, 0.2) is 47.1 Å². The van der Waals surface area contributed by atoms with Crippen LogP contribution in [0.5, 0.6) is 0 Å². The number of halogens is 2. The van der Waals surface area contributed by atoms with Gasteiger partial charge in [-0.15, -0.1) is 0 Å². The number of likely N-dealkylation sites (tertiary alicyclic amines) is 1. The first kappa shape index (κ1) is 30.7. The third-order valence-electron chi connectivity index (χ3n) is 9.92. The second kappa shape index (κ2) is 11.6. The SMILES string of the molecule is CC1(O)CCC(N2CC(CC(=O)CC(C)(C)c3ccnc(C4CC4)c3)(CC(=O)c3cc(-c4ccc(F)cc4F)on3)C2)CC1. The number of aliphatic hydroxyl groups is 1. The minimum absolute atomic E-state index is 0.0222. The molecule has 2 saturated carbocycles. The molecule has 1 N–H and O–H groups in total. The zero-order valence-electron chi connectivity index (χ0n) is 25.7. The van der Waals surface area contributed by atoms with E-state index < -0.39 is 22.7 Å². The molecule has 0 spiro atoms. The molecule has 0 atom stereocenters. The van der Waals surface area contributed by atoms with Crippen LogP contribution in [0.25, 0.3) is 11.3 Å². The van der Waals surface area contributed by atoms with Crippen LogP contribution in [-0.2, 0) is 10.2 Å². The largest absolute Gasteiger partial charge is 0.390 e. The molecule has 6 rings (SSSR count). The Balaban J connectivity index is 1.17. The summed E-state index contributed by atoms with van der Waals surface area (Å²) in [4.78, 5) is 34.2. The lowest BCUT2D eigenvalue weighted by Gasteiger charge is -2.55. The average Bonchev–Trinajstić information content (AvgIpc) is 3.68. The maximum Gasteiger partial charge on any atom is 0.185 e. The molecule has 1 aromatic carbocycles. The number of benzene rings is 1. The van der Waals surface area contributed by atoms with Gasteiger partial charge in [-0.2, -0.15) is 0 Å². The number of ketones is 2. The molecule has 0 amide bonds. The molecule has 1 saturated heterocycles. The van der Waals surface area contributed by atoms with Gasteiger partial charge in [0.2, 0.25) is 0 Å². The standard InChI is InChI=1S/C35H41F2N3O4/c1-33(2,23-10-13-38-29(14-23)22-4-5-22)17-26(41)18-35(20-40(21-35)25-8-11-34(3,43)12-9-25)19-31(42)30-16-32(44-39-30)27-7-6-24(36)15-28(27)37/h6-7,10,13-16,22,25,43H,4-5,8-9,11-12,17-21H2,1-3H3. The molecule has 3 aromatic rings. The van der Waals surface area contributed by atoms with Crippen molar-refractivity contribution >= 4 is 11.6 Å². The highest BCUT2D eigenvalue weighted by atomic mass is 19.1. The number of hydrogen-bond donors (Lipinski definition) is 1. The molecule has 0 radical (unpaired) electrons. The van der Waals surface area contributed by atoms with Crippen molar-refractivity contribution < 1.29 is 28.0 Å². The first-order valence-electron chi connectivity index (χ1n) is 15.7. The predicted octanol–water partition coefficient (Wildman–Crippen LogP) is 6.79. The van der Waals surface area contributed by atoms with Crippen molar-refractivity contribution in [2.75, 3.05) is 13.1 Å². The zero-order valence-corrected chi connectivity index (χ0v) is 25.7. The highest BCUT2D eigenvalue weighted by molar-refractivity contribution is 5.96. The molecule has 1 aliphatic heterocycles. The van der Waals surface area contributed by atoms with Gasteiger partial charge in [-0.1, -0.05) is 19.0 Å². The van der Waals surface area contributed by atoms with E-state index in [1.165, 1.54) is 12.1 Å². The summed E-state index contributed by atoms with van der Waals surface area (Å²) < 4.78 is 33.0. The topological polar surface area (TPSA) is 96.5 Å². The molecule has 3 fully saturated rings. The van der Waals surface area contributed by atoms with Crippen LogP contribution in [0.4, 0.5) is 8.78 Å². The van der Waals surface area contributed by atoms with Crippen molar-refractivity contribution in [2.24, 2.45) is 5.41 Å². The van der Waals surface area contributed by atoms with E-state index in [-0.39, 0.29) is 46.8 Å². The summed E-state index contributed by atoms with van der Waals surface area (Å²) in [6.45, 7) is 7.26. The van der Waals surface area contributed by atoms with E-state index in [4.69, 9.17) is 4.52 Å². The van der Waals surface area contributed by atoms with Gasteiger partial charge in [-0.3, -0.25) is 19.5 Å². The summed E-state index contributed by atoms with van der Waals surface area (Å²) in [7, 11) is 0. The number of hydrogen-bond acceptors (Lipinski definition) is 7. The van der Waals surface area contributed by atoms with Gasteiger partial charge in [0.05, 0.1) is 11.2 Å². The summed E-state index contributed by atoms with van der Waals surface area (Å²) in [6.07, 6.45) is 8.08. The second-order valence-electron chi connectivity index (χ2n) is 14.5. The Morgan fingerprint density at radius 3 is 2.45 bits per heavy atom. The van der Waals surface area contributed by atoms with Crippen LogP contribution in [0.2, 0.25) is 0 Å². The van der Waals surface area contributed by atoms with Gasteiger partial charge in [0, 0.05) is 73.8 Å². The monoisotopic (exact) mass is 605 g/mol. The highest BCUT2D eigenvalue weighted by Crippen LogP contribution is 2.45. The van der Waals surface area contributed by atoms with Crippen molar-refractivity contribution in [3.05, 3.63) is 71.2 Å². The molecule has 7 nitrogen and oxygen atoms in total. The van der Waals surface area contributed by atoms with Crippen molar-refractivity contribution in [1.82, 2.24) is 15.0 Å². The number of Topliss-reactive ketones (excluding diaryl/α,β-unsaturated/α-hetero) is 2. The number of rotatable bonds is 11. The molecular formula is C35H41F2N3O4. The van der Waals surface area contributed by atoms with E-state index in [1.54, 1.807) is 0 Å². The lowest BCUT2D eigenvalue weighted by molar-refractivity contribution is -0.128. The number of aromatic nitrogens is 2. The van der Waals surface area contributed by atoms with E-state index in [0.29, 0.717) is 31.5 Å². The fourth-order valence-corrected chi connectivity index (χ4v) is 7.15. The van der Waals surface area contributed by atoms with Gasteiger partial charge in [0.15, 0.2) is 11.5 Å². The summed E-state index contributed by atoms with van der Waals surface area (Å²) >= 11 is 0. The Morgan fingerprint density at radius 2 is 1.77 bits per heavy atom. The Kier molecular flexibility index (Phi) is 8.07. The molecule has 9 heteroatoms. The maximum absolute atomic E-state index is 14.3. The van der Waals surface area contributed by atoms with Crippen LogP contribution >= 0.6 is 0 Å². The van der Waals surface area contributed by atoms with E-state index in [9.17, 15) is 23.5 Å². The third-order valence-corrected chi connectivity index (χ3v) is 9.92. The van der Waals surface area contributed by atoms with Crippen LogP contribution in [0.3, 0.4) is 0 Å². The van der Waals surface area contributed by atoms with Crippen LogP contribution in [-0.4, -0.2) is 56.4 Å². The summed E-state index contributed by atoms with van der Waals surface area (Å²) in [5.74, 6) is -1.11. The molecule has 2 aliphatic carbocycles. The smallest absolute Gasteiger partial charge is 0.185 e. The predicted molar refractivity (Wildman–Crippen MR) is 161 cm³/mol. The van der Waals surface area contributed by atoms with E-state index in [1.807, 2.05) is 19.2 Å². The summed E-state index contributed by atoms with van der Waals surface area (Å²) in [5, 5.41) is 14.3. The van der Waals surface area contributed by atoms with Crippen LogP contribution < -0.4 is 0 Å². The second-order valence-corrected chi connectivity index (χ2v) is 14.5. The average molecular weight is 606 g/mol. The fraction of sp³-hybridized carbons (Fsp3) is 0.543. The number of nitrogens with zero attached hydrogens (tertiary/aromatic N) is 3. The first-order valence-corrected chi connectivity index (χ1v) is 15.7. The highest BCUT2D eigenvalue weighted by Gasteiger charge is 2.49. The van der Waals surface area contributed by atoms with Crippen molar-refractivity contribution in [2.45, 2.75) is 102 Å². The molecule has 3 heterocycles. The van der Waals surface area contributed by atoms with Gasteiger partial charge in [-0.25, -0.2) is 8.78 Å². The molecule has 234 valence electrons. The Bertz CT molecular complexity index is 1540. The quantitative estimate of drug-likeness (QED) is 0.241. The number of carbonyl (C=O) groups excluding carboxylic acids is 2. The normalized spacial score (nSPS) is 23.7. The number of pyridine rings is 1. The summed E-state index contributed by atoms with van der Waals surface area (Å²) in [6, 6.07) is 8.96. The van der Waals surface area contributed by atoms with Crippen LogP contribution in [0.1, 0.15) is 106 Å². The van der Waals surface area contributed by atoms with E-state index >= 15 is 0 Å². The first-order chi connectivity index (χ1) is 20.8. The van der Waals surface area contributed by atoms with Crippen molar-refractivity contribution in [3.63, 3.8) is 0 Å². The minimum Gasteiger partial charge on any atom is -0.390 e. The lowest BCUT2D eigenvalue weighted by atomic mass is 9.68. The molecule has 2 aromatic heterocycles. The van der Waals surface area contributed by atoms with Gasteiger partial charge in [0.1, 0.15) is 23.1 Å². The van der Waals surface area contributed by atoms with Gasteiger partial charge < -0.3 is 9.63 Å². The van der Waals surface area contributed by atoms with Crippen molar-refractivity contribution in [1.29, 1.82) is 0 Å². The molecule has 3 aliphatic rings. The Morgan fingerprint density at radius 1 is 1.05 bits per heavy atom. The van der Waals surface area contributed by atoms with Gasteiger partial charge >= 0.3 is 0 Å². The zero-order chi connectivity index (χ0) is 31.3. The van der Waals surface area contributed by atoms with E-state index in [2.05, 4.69) is 35.0 Å². The van der Waals surface area contributed by atoms with Gasteiger partial charge in [-0.05, 0) is 80.7 Å². The van der Waals surface area contributed by atoms with Crippen LogP contribution in [0, 0.1) is 17.0 Å². The Hall–Kier alpha value is -3.30. The molecule has 44 heavy (non-hydrogen) atoms. The number of carbonyl (C=O) groups is 2. The van der Waals surface area contributed by atoms with Gasteiger partial charge in [0.25, 0.3) is 0 Å².